The first-order valence-corrected chi connectivity index (χ1v) is 7.77. The summed E-state index contributed by atoms with van der Waals surface area (Å²) in [7, 11) is 5.95. The number of hydrogen-bond acceptors (Lipinski definition) is 5. The van der Waals surface area contributed by atoms with Crippen molar-refractivity contribution >= 4 is 11.6 Å². The van der Waals surface area contributed by atoms with Crippen LogP contribution in [0.1, 0.15) is 18.2 Å². The lowest BCUT2D eigenvalue weighted by Gasteiger charge is -2.32. The molecule has 0 radical (unpaired) electrons. The second kappa shape index (κ2) is 7.56. The molecule has 21 heavy (non-hydrogen) atoms. The maximum absolute atomic E-state index is 6.56. The molecule has 1 aromatic rings. The van der Waals surface area contributed by atoms with E-state index in [4.69, 9.17) is 22.1 Å². The first-order valence-electron chi connectivity index (χ1n) is 7.39. The fourth-order valence-corrected chi connectivity index (χ4v) is 3.20. The molecular formula is C14H26ClN5O. The molecule has 0 aliphatic carbocycles. The Labute approximate surface area is 131 Å². The standard InChI is InChI=1S/C14H26ClN5O/c1-18-5-4-6-19(2)12(10-18)13(16)14-11(15)9-17-20(14)7-8-21-3/h9,12-13H,4-8,10,16H2,1-3H3. The van der Waals surface area contributed by atoms with E-state index in [1.54, 1.807) is 13.3 Å². The van der Waals surface area contributed by atoms with E-state index >= 15 is 0 Å². The number of halogens is 1. The van der Waals surface area contributed by atoms with Crippen LogP contribution in [-0.2, 0) is 11.3 Å². The van der Waals surface area contributed by atoms with Crippen molar-refractivity contribution in [2.24, 2.45) is 5.73 Å². The largest absolute Gasteiger partial charge is 0.383 e. The van der Waals surface area contributed by atoms with Gasteiger partial charge in [-0.15, -0.1) is 0 Å². The van der Waals surface area contributed by atoms with Crippen molar-refractivity contribution in [2.45, 2.75) is 25.0 Å². The molecule has 2 heterocycles. The minimum absolute atomic E-state index is 0.164. The van der Waals surface area contributed by atoms with Crippen LogP contribution in [0.25, 0.3) is 0 Å². The van der Waals surface area contributed by atoms with Gasteiger partial charge >= 0.3 is 0 Å². The van der Waals surface area contributed by atoms with Crippen molar-refractivity contribution in [1.82, 2.24) is 19.6 Å². The maximum Gasteiger partial charge on any atom is 0.0834 e. The highest BCUT2D eigenvalue weighted by Crippen LogP contribution is 2.27. The van der Waals surface area contributed by atoms with Gasteiger partial charge < -0.3 is 20.3 Å². The van der Waals surface area contributed by atoms with Gasteiger partial charge in [-0.1, -0.05) is 11.6 Å². The van der Waals surface area contributed by atoms with Gasteiger partial charge in [0.05, 0.1) is 36.1 Å². The molecule has 0 spiro atoms. The number of nitrogens with zero attached hydrogens (tertiary/aromatic N) is 4. The Kier molecular flexibility index (Phi) is 6.01. The highest BCUT2D eigenvalue weighted by atomic mass is 35.5. The Morgan fingerprint density at radius 1 is 1.48 bits per heavy atom. The van der Waals surface area contributed by atoms with Crippen LogP contribution in [0.2, 0.25) is 5.02 Å². The lowest BCUT2D eigenvalue weighted by atomic mass is 10.0. The highest BCUT2D eigenvalue weighted by Gasteiger charge is 2.30. The summed E-state index contributed by atoms with van der Waals surface area (Å²) in [5, 5.41) is 4.97. The first kappa shape index (κ1) is 16.7. The van der Waals surface area contributed by atoms with E-state index in [1.165, 1.54) is 0 Å². The summed E-state index contributed by atoms with van der Waals surface area (Å²) in [6.45, 7) is 4.34. The topological polar surface area (TPSA) is 59.6 Å². The summed E-state index contributed by atoms with van der Waals surface area (Å²) in [4.78, 5) is 4.66. The van der Waals surface area contributed by atoms with Gasteiger partial charge in [0.2, 0.25) is 0 Å². The number of nitrogens with two attached hydrogens (primary N) is 1. The van der Waals surface area contributed by atoms with Crippen LogP contribution >= 0.6 is 11.6 Å². The molecule has 0 saturated carbocycles. The van der Waals surface area contributed by atoms with Gasteiger partial charge in [-0.3, -0.25) is 4.68 Å². The van der Waals surface area contributed by atoms with Gasteiger partial charge in [0.25, 0.3) is 0 Å². The molecule has 6 nitrogen and oxygen atoms in total. The zero-order valence-electron chi connectivity index (χ0n) is 13.1. The smallest absolute Gasteiger partial charge is 0.0834 e. The second-order valence-corrected chi connectivity index (χ2v) is 6.19. The Hall–Kier alpha value is -0.660. The lowest BCUT2D eigenvalue weighted by Crippen LogP contribution is -2.46. The summed E-state index contributed by atoms with van der Waals surface area (Å²) in [6.07, 6.45) is 2.83. The maximum atomic E-state index is 6.56. The molecule has 1 aliphatic heterocycles. The molecule has 120 valence electrons. The molecule has 2 N–H and O–H groups in total. The van der Waals surface area contributed by atoms with Gasteiger partial charge in [0, 0.05) is 19.7 Å². The van der Waals surface area contributed by atoms with Crippen molar-refractivity contribution in [3.63, 3.8) is 0 Å². The van der Waals surface area contributed by atoms with E-state index < -0.39 is 0 Å². The van der Waals surface area contributed by atoms with Crippen LogP contribution in [0.15, 0.2) is 6.20 Å². The van der Waals surface area contributed by atoms with E-state index in [0.29, 0.717) is 18.2 Å². The van der Waals surface area contributed by atoms with Crippen LogP contribution in [0.4, 0.5) is 0 Å². The van der Waals surface area contributed by atoms with Crippen LogP contribution in [-0.4, -0.2) is 73.1 Å². The number of rotatable bonds is 5. The number of aromatic nitrogens is 2. The minimum Gasteiger partial charge on any atom is -0.383 e. The van der Waals surface area contributed by atoms with E-state index in [1.807, 2.05) is 4.68 Å². The Balaban J connectivity index is 2.21. The minimum atomic E-state index is -0.164. The molecule has 1 saturated heterocycles. The molecule has 2 rings (SSSR count). The van der Waals surface area contributed by atoms with Gasteiger partial charge in [-0.05, 0) is 33.6 Å². The normalized spacial score (nSPS) is 23.2. The highest BCUT2D eigenvalue weighted by molar-refractivity contribution is 6.31. The van der Waals surface area contributed by atoms with Gasteiger partial charge in [0.1, 0.15) is 0 Å². The predicted molar refractivity (Wildman–Crippen MR) is 84.6 cm³/mol. The summed E-state index contributed by atoms with van der Waals surface area (Å²) in [6, 6.07) is 0.0652. The third kappa shape index (κ3) is 3.96. The molecule has 2 atom stereocenters. The van der Waals surface area contributed by atoms with E-state index in [9.17, 15) is 0 Å². The molecular weight excluding hydrogens is 290 g/mol. The molecule has 1 aliphatic rings. The molecule has 1 aromatic heterocycles. The molecule has 0 amide bonds. The van der Waals surface area contributed by atoms with E-state index in [0.717, 1.165) is 31.7 Å². The number of hydrogen-bond donors (Lipinski definition) is 1. The number of methoxy groups -OCH3 is 1. The Morgan fingerprint density at radius 3 is 2.95 bits per heavy atom. The Bertz CT molecular complexity index is 453. The van der Waals surface area contributed by atoms with Crippen LogP contribution in [0.3, 0.4) is 0 Å². The monoisotopic (exact) mass is 315 g/mol. The predicted octanol–water partition coefficient (Wildman–Crippen LogP) is 0.819. The van der Waals surface area contributed by atoms with Gasteiger partial charge in [0.15, 0.2) is 0 Å². The summed E-state index contributed by atoms with van der Waals surface area (Å²) >= 11 is 6.33. The lowest BCUT2D eigenvalue weighted by molar-refractivity contribution is 0.173. The average molecular weight is 316 g/mol. The first-order chi connectivity index (χ1) is 10.0. The van der Waals surface area contributed by atoms with Crippen molar-refractivity contribution in [3.8, 4) is 0 Å². The number of likely N-dealkylation sites (N-methyl/N-ethyl adjacent to an activating group) is 2. The zero-order valence-corrected chi connectivity index (χ0v) is 13.9. The molecule has 2 unspecified atom stereocenters. The van der Waals surface area contributed by atoms with Gasteiger partial charge in [-0.25, -0.2) is 0 Å². The summed E-state index contributed by atoms with van der Waals surface area (Å²) in [5.41, 5.74) is 7.46. The molecule has 0 aromatic carbocycles. The Morgan fingerprint density at radius 2 is 2.24 bits per heavy atom. The third-order valence-electron chi connectivity index (χ3n) is 4.19. The summed E-state index contributed by atoms with van der Waals surface area (Å²) < 4.78 is 7.00. The molecule has 1 fully saturated rings. The SMILES string of the molecule is COCCn1ncc(Cl)c1C(N)C1CN(C)CCCN1C. The van der Waals surface area contributed by atoms with Crippen LogP contribution in [0, 0.1) is 0 Å². The zero-order chi connectivity index (χ0) is 15.4. The van der Waals surface area contributed by atoms with Crippen molar-refractivity contribution < 1.29 is 4.74 Å². The molecule has 7 heteroatoms. The fourth-order valence-electron chi connectivity index (χ4n) is 2.94. The van der Waals surface area contributed by atoms with Crippen molar-refractivity contribution in [1.29, 1.82) is 0 Å². The van der Waals surface area contributed by atoms with Crippen LogP contribution < -0.4 is 5.73 Å². The van der Waals surface area contributed by atoms with E-state index in [-0.39, 0.29) is 12.1 Å². The van der Waals surface area contributed by atoms with Crippen molar-refractivity contribution in [3.05, 3.63) is 16.9 Å². The number of ether oxygens (including phenoxy) is 1. The van der Waals surface area contributed by atoms with E-state index in [2.05, 4.69) is 29.0 Å². The third-order valence-corrected chi connectivity index (χ3v) is 4.48. The van der Waals surface area contributed by atoms with Gasteiger partial charge in [-0.2, -0.15) is 5.10 Å². The summed E-state index contributed by atoms with van der Waals surface area (Å²) in [5.74, 6) is 0. The van der Waals surface area contributed by atoms with Crippen molar-refractivity contribution in [2.75, 3.05) is 47.4 Å². The van der Waals surface area contributed by atoms with Crippen LogP contribution in [0.5, 0.6) is 0 Å². The second-order valence-electron chi connectivity index (χ2n) is 5.78. The fraction of sp³-hybridized carbons (Fsp3) is 0.786. The quantitative estimate of drug-likeness (QED) is 0.871. The average Bonchev–Trinajstić information content (AvgIpc) is 2.73. The molecule has 0 bridgehead atoms.